The van der Waals surface area contributed by atoms with Crippen LogP contribution >= 0.6 is 22.6 Å². The zero-order valence-electron chi connectivity index (χ0n) is 7.90. The van der Waals surface area contributed by atoms with E-state index in [0.29, 0.717) is 18.0 Å². The molecular weight excluding hydrogens is 327 g/mol. The van der Waals surface area contributed by atoms with Crippen LogP contribution in [0.1, 0.15) is 0 Å². The van der Waals surface area contributed by atoms with Crippen LogP contribution in [0.4, 0.5) is 0 Å². The molecule has 0 aliphatic carbocycles. The predicted molar refractivity (Wildman–Crippen MR) is 66.1 cm³/mol. The van der Waals surface area contributed by atoms with Gasteiger partial charge in [0.1, 0.15) is 0 Å². The molecule has 0 unspecified atom stereocenters. The maximum absolute atomic E-state index is 11.8. The van der Waals surface area contributed by atoms with Gasteiger partial charge in [-0.2, -0.15) is 0 Å². The molecule has 0 amide bonds. The van der Waals surface area contributed by atoms with E-state index in [1.807, 2.05) is 0 Å². The van der Waals surface area contributed by atoms with Gasteiger partial charge in [-0.3, -0.25) is 0 Å². The molecule has 0 spiro atoms. The average Bonchev–Trinajstić information content (AvgIpc) is 2.13. The molecule has 1 aromatic rings. The van der Waals surface area contributed by atoms with Crippen LogP contribution in [0, 0.1) is 3.57 Å². The van der Waals surface area contributed by atoms with Gasteiger partial charge >= 0.3 is 0 Å². The van der Waals surface area contributed by atoms with Gasteiger partial charge in [-0.1, -0.05) is 0 Å². The molecular formula is C9H11IN2O2S. The lowest BCUT2D eigenvalue weighted by atomic mass is 10.2. The second kappa shape index (κ2) is 4.36. The standard InChI is InChI=1S/C9H11IN2O2S/c10-7-1-3-9(4-2-7)15(13,14)12-8-5-11-6-8/h1-4,8,11-12H,5-6H2. The highest BCUT2D eigenvalue weighted by atomic mass is 127. The van der Waals surface area contributed by atoms with Gasteiger partial charge in [0, 0.05) is 22.7 Å². The summed E-state index contributed by atoms with van der Waals surface area (Å²) in [5.74, 6) is 0. The first-order valence-corrected chi connectivity index (χ1v) is 7.13. The minimum Gasteiger partial charge on any atom is -0.313 e. The number of hydrogen-bond acceptors (Lipinski definition) is 3. The molecule has 15 heavy (non-hydrogen) atoms. The van der Waals surface area contributed by atoms with E-state index in [-0.39, 0.29) is 6.04 Å². The second-order valence-electron chi connectivity index (χ2n) is 3.43. The minimum absolute atomic E-state index is 0.0364. The highest BCUT2D eigenvalue weighted by Gasteiger charge is 2.23. The van der Waals surface area contributed by atoms with Crippen molar-refractivity contribution in [3.8, 4) is 0 Å². The molecule has 1 aromatic carbocycles. The first-order valence-electron chi connectivity index (χ1n) is 4.56. The third-order valence-corrected chi connectivity index (χ3v) is 4.48. The quantitative estimate of drug-likeness (QED) is 0.791. The number of halogens is 1. The van der Waals surface area contributed by atoms with E-state index < -0.39 is 10.0 Å². The lowest BCUT2D eigenvalue weighted by Gasteiger charge is -2.27. The fraction of sp³-hybridized carbons (Fsp3) is 0.333. The Morgan fingerprint density at radius 3 is 2.33 bits per heavy atom. The number of benzene rings is 1. The Bertz CT molecular complexity index is 440. The van der Waals surface area contributed by atoms with Crippen molar-refractivity contribution in [2.75, 3.05) is 13.1 Å². The highest BCUT2D eigenvalue weighted by Crippen LogP contribution is 2.12. The number of sulfonamides is 1. The normalized spacial score (nSPS) is 17.4. The summed E-state index contributed by atoms with van der Waals surface area (Å²) in [6.07, 6.45) is 0. The van der Waals surface area contributed by atoms with Crippen LogP contribution in [0.5, 0.6) is 0 Å². The number of nitrogens with one attached hydrogen (secondary N) is 2. The molecule has 1 fully saturated rings. The zero-order chi connectivity index (χ0) is 10.9. The van der Waals surface area contributed by atoms with E-state index >= 15 is 0 Å². The Kier molecular flexibility index (Phi) is 3.29. The van der Waals surface area contributed by atoms with Gasteiger partial charge in [0.2, 0.25) is 10.0 Å². The molecule has 4 nitrogen and oxygen atoms in total. The summed E-state index contributed by atoms with van der Waals surface area (Å²) in [4.78, 5) is 0.329. The Hall–Kier alpha value is -0.180. The van der Waals surface area contributed by atoms with Crippen LogP contribution in [0.15, 0.2) is 29.2 Å². The van der Waals surface area contributed by atoms with Crippen LogP contribution in [-0.2, 0) is 10.0 Å². The van der Waals surface area contributed by atoms with Crippen LogP contribution in [0.25, 0.3) is 0 Å². The Labute approximate surface area is 103 Å². The monoisotopic (exact) mass is 338 g/mol. The van der Waals surface area contributed by atoms with E-state index in [1.54, 1.807) is 24.3 Å². The molecule has 0 atom stereocenters. The van der Waals surface area contributed by atoms with Crippen molar-refractivity contribution in [2.45, 2.75) is 10.9 Å². The third kappa shape index (κ3) is 2.68. The summed E-state index contributed by atoms with van der Waals surface area (Å²) in [5, 5.41) is 3.02. The van der Waals surface area contributed by atoms with E-state index in [4.69, 9.17) is 0 Å². The maximum atomic E-state index is 11.8. The fourth-order valence-corrected chi connectivity index (χ4v) is 2.87. The lowest BCUT2D eigenvalue weighted by molar-refractivity contribution is 0.410. The van der Waals surface area contributed by atoms with Gasteiger partial charge in [-0.15, -0.1) is 0 Å². The first-order chi connectivity index (χ1) is 7.08. The van der Waals surface area contributed by atoms with E-state index in [0.717, 1.165) is 3.57 Å². The van der Waals surface area contributed by atoms with Crippen molar-refractivity contribution in [3.05, 3.63) is 27.8 Å². The summed E-state index contributed by atoms with van der Waals surface area (Å²) in [7, 11) is -3.33. The summed E-state index contributed by atoms with van der Waals surface area (Å²) in [6.45, 7) is 1.42. The molecule has 2 N–H and O–H groups in total. The van der Waals surface area contributed by atoms with Gasteiger partial charge in [0.05, 0.1) is 4.90 Å². The molecule has 6 heteroatoms. The van der Waals surface area contributed by atoms with Crippen molar-refractivity contribution in [2.24, 2.45) is 0 Å². The zero-order valence-corrected chi connectivity index (χ0v) is 10.9. The van der Waals surface area contributed by atoms with Crippen LogP contribution in [-0.4, -0.2) is 27.5 Å². The molecule has 0 bridgehead atoms. The van der Waals surface area contributed by atoms with Gasteiger partial charge in [0.15, 0.2) is 0 Å². The molecule has 0 radical (unpaired) electrons. The third-order valence-electron chi connectivity index (χ3n) is 2.23. The van der Waals surface area contributed by atoms with Gasteiger partial charge < -0.3 is 5.32 Å². The van der Waals surface area contributed by atoms with Crippen LogP contribution < -0.4 is 10.0 Å². The summed E-state index contributed by atoms with van der Waals surface area (Å²) in [5.41, 5.74) is 0. The van der Waals surface area contributed by atoms with E-state index in [1.165, 1.54) is 0 Å². The van der Waals surface area contributed by atoms with Crippen LogP contribution in [0.3, 0.4) is 0 Å². The Morgan fingerprint density at radius 1 is 1.27 bits per heavy atom. The minimum atomic E-state index is -3.33. The van der Waals surface area contributed by atoms with Crippen LogP contribution in [0.2, 0.25) is 0 Å². The molecule has 0 saturated carbocycles. The van der Waals surface area contributed by atoms with Crippen molar-refractivity contribution in [3.63, 3.8) is 0 Å². The van der Waals surface area contributed by atoms with E-state index in [9.17, 15) is 8.42 Å². The van der Waals surface area contributed by atoms with Crippen molar-refractivity contribution >= 4 is 32.6 Å². The molecule has 1 heterocycles. The fourth-order valence-electron chi connectivity index (χ4n) is 1.27. The average molecular weight is 338 g/mol. The molecule has 1 aliphatic heterocycles. The van der Waals surface area contributed by atoms with Crippen molar-refractivity contribution in [1.82, 2.24) is 10.0 Å². The second-order valence-corrected chi connectivity index (χ2v) is 6.39. The first kappa shape index (κ1) is 11.3. The molecule has 82 valence electrons. The number of hydrogen-bond donors (Lipinski definition) is 2. The van der Waals surface area contributed by atoms with E-state index in [2.05, 4.69) is 32.6 Å². The predicted octanol–water partition coefficient (Wildman–Crippen LogP) is 0.541. The van der Waals surface area contributed by atoms with Gasteiger partial charge in [-0.05, 0) is 46.9 Å². The SMILES string of the molecule is O=S(=O)(NC1CNC1)c1ccc(I)cc1. The summed E-state index contributed by atoms with van der Waals surface area (Å²) >= 11 is 2.14. The molecule has 2 rings (SSSR count). The smallest absolute Gasteiger partial charge is 0.240 e. The Balaban J connectivity index is 2.17. The summed E-state index contributed by atoms with van der Waals surface area (Å²) in [6, 6.07) is 6.85. The number of rotatable bonds is 3. The highest BCUT2D eigenvalue weighted by molar-refractivity contribution is 14.1. The van der Waals surface area contributed by atoms with Gasteiger partial charge in [-0.25, -0.2) is 13.1 Å². The molecule has 1 aliphatic rings. The largest absolute Gasteiger partial charge is 0.313 e. The van der Waals surface area contributed by atoms with Gasteiger partial charge in [0.25, 0.3) is 0 Å². The lowest BCUT2D eigenvalue weighted by Crippen LogP contribution is -2.56. The van der Waals surface area contributed by atoms with Crippen molar-refractivity contribution in [1.29, 1.82) is 0 Å². The molecule has 0 aromatic heterocycles. The molecule has 1 saturated heterocycles. The maximum Gasteiger partial charge on any atom is 0.240 e. The topological polar surface area (TPSA) is 58.2 Å². The summed E-state index contributed by atoms with van der Waals surface area (Å²) < 4.78 is 27.3. The Morgan fingerprint density at radius 2 is 1.87 bits per heavy atom. The van der Waals surface area contributed by atoms with Crippen molar-refractivity contribution < 1.29 is 8.42 Å².